The van der Waals surface area contributed by atoms with Crippen LogP contribution in [0.1, 0.15) is 19.3 Å². The molecule has 0 aromatic rings. The predicted molar refractivity (Wildman–Crippen MR) is 97.5 cm³/mol. The fourth-order valence-corrected chi connectivity index (χ4v) is 1.87. The van der Waals surface area contributed by atoms with Gasteiger partial charge in [0.1, 0.15) is 23.8 Å². The van der Waals surface area contributed by atoms with E-state index < -0.39 is 23.1 Å². The number of rotatable bonds is 12. The molecule has 0 amide bonds. The van der Waals surface area contributed by atoms with Crippen molar-refractivity contribution in [3.8, 4) is 12.1 Å². The Labute approximate surface area is 165 Å². The van der Waals surface area contributed by atoms with E-state index in [0.29, 0.717) is 32.4 Å². The molecule has 0 fully saturated rings. The van der Waals surface area contributed by atoms with Gasteiger partial charge in [-0.1, -0.05) is 0 Å². The minimum atomic E-state index is -0.928. The smallest absolute Gasteiger partial charge is 0.350 e. The first-order valence-electron chi connectivity index (χ1n) is 8.03. The van der Waals surface area contributed by atoms with Gasteiger partial charge in [-0.25, -0.2) is 9.59 Å². The Kier molecular flexibility index (Phi) is 12.5. The number of nitrogens with zero attached hydrogens (tertiary/aromatic N) is 8. The standard InChI is InChI=1S/C15H18N10O4/c1-28-14(26)10(8-16)12(22-24-18)20-6-4-3-5-7-21-13(23-25-19)11(9-17)15(27)29-2/h20-21H,3-7H2,1-2H3/b12-10+,13-11+. The number of carbonyl (C=O) groups excluding carboxylic acids is 2. The molecule has 14 nitrogen and oxygen atoms in total. The summed E-state index contributed by atoms with van der Waals surface area (Å²) >= 11 is 0. The Bertz CT molecular complexity index is 781. The van der Waals surface area contributed by atoms with Crippen molar-refractivity contribution in [3.63, 3.8) is 0 Å². The molecule has 0 spiro atoms. The van der Waals surface area contributed by atoms with Gasteiger partial charge in [0.25, 0.3) is 0 Å². The molecule has 0 atom stereocenters. The molecule has 0 saturated heterocycles. The normalized spacial score (nSPS) is 11.0. The van der Waals surface area contributed by atoms with Gasteiger partial charge in [0.2, 0.25) is 0 Å². The molecular weight excluding hydrogens is 384 g/mol. The first kappa shape index (κ1) is 24.6. The molecule has 0 saturated carbocycles. The summed E-state index contributed by atoms with van der Waals surface area (Å²) in [6.07, 6.45) is 1.76. The quantitative estimate of drug-likeness (QED) is 0.0928. The van der Waals surface area contributed by atoms with Crippen LogP contribution in [0, 0.1) is 22.7 Å². The highest BCUT2D eigenvalue weighted by molar-refractivity contribution is 5.93. The lowest BCUT2D eigenvalue weighted by Gasteiger charge is -2.09. The summed E-state index contributed by atoms with van der Waals surface area (Å²) in [5.41, 5.74) is 16.2. The third-order valence-electron chi connectivity index (χ3n) is 3.20. The molecule has 0 aliphatic carbocycles. The number of unbranched alkanes of at least 4 members (excludes halogenated alkanes) is 2. The van der Waals surface area contributed by atoms with Crippen molar-refractivity contribution in [1.29, 1.82) is 10.5 Å². The van der Waals surface area contributed by atoms with E-state index in [1.165, 1.54) is 0 Å². The van der Waals surface area contributed by atoms with Crippen molar-refractivity contribution in [2.75, 3.05) is 27.3 Å². The molecule has 0 heterocycles. The highest BCUT2D eigenvalue weighted by Gasteiger charge is 2.15. The molecule has 0 unspecified atom stereocenters. The van der Waals surface area contributed by atoms with Crippen molar-refractivity contribution < 1.29 is 19.1 Å². The summed E-state index contributed by atoms with van der Waals surface area (Å²) in [6.45, 7) is 0.586. The van der Waals surface area contributed by atoms with Crippen LogP contribution in [-0.2, 0) is 19.1 Å². The first-order valence-corrected chi connectivity index (χ1v) is 8.03. The lowest BCUT2D eigenvalue weighted by molar-refractivity contribution is -0.136. The van der Waals surface area contributed by atoms with Crippen LogP contribution in [-0.4, -0.2) is 39.2 Å². The molecule has 0 aliphatic heterocycles. The minimum absolute atomic E-state index is 0.231. The fourth-order valence-electron chi connectivity index (χ4n) is 1.87. The summed E-state index contributed by atoms with van der Waals surface area (Å²) in [6, 6.07) is 3.22. The summed E-state index contributed by atoms with van der Waals surface area (Å²) in [5, 5.41) is 29.9. The van der Waals surface area contributed by atoms with Crippen molar-refractivity contribution in [2.45, 2.75) is 19.3 Å². The number of nitrogens with one attached hydrogen (secondary N) is 2. The van der Waals surface area contributed by atoms with Crippen molar-refractivity contribution in [2.24, 2.45) is 10.2 Å². The van der Waals surface area contributed by atoms with Crippen molar-refractivity contribution in [3.05, 3.63) is 43.7 Å². The second kappa shape index (κ2) is 14.8. The number of esters is 2. The molecule has 0 aromatic heterocycles. The molecule has 0 rings (SSSR count). The monoisotopic (exact) mass is 402 g/mol. The second-order valence-corrected chi connectivity index (χ2v) is 4.95. The van der Waals surface area contributed by atoms with Gasteiger partial charge in [0.05, 0.1) is 14.2 Å². The van der Waals surface area contributed by atoms with Gasteiger partial charge in [0.15, 0.2) is 11.1 Å². The predicted octanol–water partition coefficient (Wildman–Crippen LogP) is 1.77. The molecular formula is C15H18N10O4. The molecule has 29 heavy (non-hydrogen) atoms. The number of hydrogen-bond acceptors (Lipinski definition) is 10. The Morgan fingerprint density at radius 3 is 1.52 bits per heavy atom. The number of hydrogen-bond donors (Lipinski definition) is 2. The Morgan fingerprint density at radius 1 is 0.862 bits per heavy atom. The van der Waals surface area contributed by atoms with Gasteiger partial charge < -0.3 is 20.1 Å². The number of azide groups is 2. The third-order valence-corrected chi connectivity index (χ3v) is 3.20. The van der Waals surface area contributed by atoms with Crippen LogP contribution >= 0.6 is 0 Å². The maximum atomic E-state index is 11.5. The summed E-state index contributed by atoms with van der Waals surface area (Å²) in [5.74, 6) is -2.32. The molecule has 0 aliphatic rings. The first-order chi connectivity index (χ1) is 14.0. The van der Waals surface area contributed by atoms with Gasteiger partial charge >= 0.3 is 11.9 Å². The van der Waals surface area contributed by atoms with Gasteiger partial charge in [0, 0.05) is 22.9 Å². The molecule has 14 heteroatoms. The van der Waals surface area contributed by atoms with E-state index in [4.69, 9.17) is 21.6 Å². The Morgan fingerprint density at radius 2 is 1.24 bits per heavy atom. The van der Waals surface area contributed by atoms with Crippen LogP contribution in [0.15, 0.2) is 33.0 Å². The maximum Gasteiger partial charge on any atom is 0.350 e. The van der Waals surface area contributed by atoms with E-state index >= 15 is 0 Å². The highest BCUT2D eigenvalue weighted by Crippen LogP contribution is 2.07. The number of carbonyl (C=O) groups is 2. The zero-order valence-electron chi connectivity index (χ0n) is 15.7. The number of nitriles is 2. The van der Waals surface area contributed by atoms with E-state index in [0.717, 1.165) is 14.2 Å². The number of ether oxygens (including phenoxy) is 2. The van der Waals surface area contributed by atoms with Crippen LogP contribution in [0.3, 0.4) is 0 Å². The maximum absolute atomic E-state index is 11.5. The number of methoxy groups -OCH3 is 2. The lowest BCUT2D eigenvalue weighted by Crippen LogP contribution is -2.20. The second-order valence-electron chi connectivity index (χ2n) is 4.95. The fraction of sp³-hybridized carbons (Fsp3) is 0.467. The average molecular weight is 402 g/mol. The molecule has 0 radical (unpaired) electrons. The van der Waals surface area contributed by atoms with E-state index in [1.54, 1.807) is 12.1 Å². The third kappa shape index (κ3) is 8.70. The van der Waals surface area contributed by atoms with E-state index in [2.05, 4.69) is 40.2 Å². The molecule has 2 N–H and O–H groups in total. The van der Waals surface area contributed by atoms with Crippen LogP contribution in [0.5, 0.6) is 0 Å². The zero-order valence-corrected chi connectivity index (χ0v) is 15.7. The lowest BCUT2D eigenvalue weighted by atomic mass is 10.2. The van der Waals surface area contributed by atoms with Crippen molar-refractivity contribution >= 4 is 11.9 Å². The van der Waals surface area contributed by atoms with Crippen LogP contribution in [0.2, 0.25) is 0 Å². The summed E-state index contributed by atoms with van der Waals surface area (Å²) in [7, 11) is 2.19. The van der Waals surface area contributed by atoms with Gasteiger partial charge in [-0.3, -0.25) is 0 Å². The molecule has 0 bridgehead atoms. The van der Waals surface area contributed by atoms with Crippen LogP contribution < -0.4 is 10.6 Å². The average Bonchev–Trinajstić information content (AvgIpc) is 2.73. The SMILES string of the molecule is COC(=O)/C(C#N)=C(/N=[N+]=[N-])NCCCCCN/C(N=[N+]=[N-])=C(/C#N)C(=O)OC. The van der Waals surface area contributed by atoms with E-state index in [9.17, 15) is 9.59 Å². The Balaban J connectivity index is 4.69. The summed E-state index contributed by atoms with van der Waals surface area (Å²) in [4.78, 5) is 28.1. The minimum Gasteiger partial charge on any atom is -0.465 e. The highest BCUT2D eigenvalue weighted by atomic mass is 16.5. The van der Waals surface area contributed by atoms with Crippen LogP contribution in [0.25, 0.3) is 20.9 Å². The van der Waals surface area contributed by atoms with E-state index in [-0.39, 0.29) is 11.6 Å². The summed E-state index contributed by atoms with van der Waals surface area (Å²) < 4.78 is 8.88. The van der Waals surface area contributed by atoms with Crippen molar-refractivity contribution in [1.82, 2.24) is 10.6 Å². The van der Waals surface area contributed by atoms with E-state index in [1.807, 2.05) is 0 Å². The molecule has 0 aromatic carbocycles. The zero-order chi connectivity index (χ0) is 22.1. The molecule has 152 valence electrons. The largest absolute Gasteiger partial charge is 0.465 e. The topological polar surface area (TPSA) is 222 Å². The van der Waals surface area contributed by atoms with Gasteiger partial charge in [-0.05, 0) is 40.6 Å². The van der Waals surface area contributed by atoms with Gasteiger partial charge in [-0.2, -0.15) is 10.5 Å². The Hall–Kier alpha value is -4.38. The van der Waals surface area contributed by atoms with Gasteiger partial charge in [-0.15, -0.1) is 0 Å². The van der Waals surface area contributed by atoms with Crippen LogP contribution in [0.4, 0.5) is 0 Å².